The smallest absolute Gasteiger partial charge is 0.123 e. The quantitative estimate of drug-likeness (QED) is 0.924. The molecule has 0 amide bonds. The molecule has 4 heteroatoms. The van der Waals surface area contributed by atoms with Gasteiger partial charge in [-0.2, -0.15) is 0 Å². The zero-order valence-electron chi connectivity index (χ0n) is 11.9. The number of nitrogens with two attached hydrogens (primary N) is 1. The normalized spacial score (nSPS) is 32.3. The summed E-state index contributed by atoms with van der Waals surface area (Å²) in [6, 6.07) is 5.44. The highest BCUT2D eigenvalue weighted by Gasteiger charge is 2.41. The SMILES string of the molecule is COc1ccc(Cl)cc1C(N)C1C(C)OC(C)C1C. The van der Waals surface area contributed by atoms with Gasteiger partial charge in [0.05, 0.1) is 19.3 Å². The van der Waals surface area contributed by atoms with E-state index in [1.54, 1.807) is 7.11 Å². The minimum atomic E-state index is -0.136. The molecule has 19 heavy (non-hydrogen) atoms. The standard InChI is InChI=1S/C15H22ClNO2/c1-8-9(2)19-10(3)14(8)15(17)12-7-11(16)5-6-13(12)18-4/h5-10,14-15H,17H2,1-4H3. The summed E-state index contributed by atoms with van der Waals surface area (Å²) >= 11 is 6.08. The van der Waals surface area contributed by atoms with E-state index in [1.165, 1.54) is 0 Å². The molecule has 1 fully saturated rings. The molecule has 5 atom stereocenters. The van der Waals surface area contributed by atoms with E-state index >= 15 is 0 Å². The number of hydrogen-bond acceptors (Lipinski definition) is 3. The van der Waals surface area contributed by atoms with Gasteiger partial charge >= 0.3 is 0 Å². The number of benzene rings is 1. The van der Waals surface area contributed by atoms with Crippen LogP contribution in [0.5, 0.6) is 5.75 Å². The van der Waals surface area contributed by atoms with Crippen LogP contribution in [0.1, 0.15) is 32.4 Å². The molecule has 1 aliphatic heterocycles. The van der Waals surface area contributed by atoms with Crippen molar-refractivity contribution < 1.29 is 9.47 Å². The second kappa shape index (κ2) is 5.70. The summed E-state index contributed by atoms with van der Waals surface area (Å²) in [4.78, 5) is 0. The summed E-state index contributed by atoms with van der Waals surface area (Å²) in [6.07, 6.45) is 0.375. The molecule has 1 saturated heterocycles. The van der Waals surface area contributed by atoms with E-state index in [-0.39, 0.29) is 24.2 Å². The lowest BCUT2D eigenvalue weighted by atomic mass is 9.81. The summed E-state index contributed by atoms with van der Waals surface area (Å²) in [6.45, 7) is 6.38. The van der Waals surface area contributed by atoms with Crippen LogP contribution in [0, 0.1) is 11.8 Å². The Bertz CT molecular complexity index is 452. The maximum Gasteiger partial charge on any atom is 0.123 e. The Balaban J connectivity index is 2.33. The second-order valence-corrected chi connectivity index (χ2v) is 5.83. The van der Waals surface area contributed by atoms with Gasteiger partial charge in [0, 0.05) is 22.5 Å². The molecule has 5 unspecified atom stereocenters. The Morgan fingerprint density at radius 3 is 2.47 bits per heavy atom. The van der Waals surface area contributed by atoms with Crippen LogP contribution in [-0.4, -0.2) is 19.3 Å². The van der Waals surface area contributed by atoms with Gasteiger partial charge in [-0.05, 0) is 38.0 Å². The van der Waals surface area contributed by atoms with Gasteiger partial charge in [0.2, 0.25) is 0 Å². The highest BCUT2D eigenvalue weighted by molar-refractivity contribution is 6.30. The molecule has 0 aromatic heterocycles. The van der Waals surface area contributed by atoms with Gasteiger partial charge in [0.25, 0.3) is 0 Å². The molecule has 0 bridgehead atoms. The molecular weight excluding hydrogens is 262 g/mol. The third kappa shape index (κ3) is 2.73. The first-order valence-electron chi connectivity index (χ1n) is 6.70. The van der Waals surface area contributed by atoms with Crippen molar-refractivity contribution in [3.63, 3.8) is 0 Å². The largest absolute Gasteiger partial charge is 0.496 e. The highest BCUT2D eigenvalue weighted by atomic mass is 35.5. The van der Waals surface area contributed by atoms with Crippen molar-refractivity contribution in [2.24, 2.45) is 17.6 Å². The molecular formula is C15H22ClNO2. The van der Waals surface area contributed by atoms with Crippen molar-refractivity contribution in [2.45, 2.75) is 39.0 Å². The fourth-order valence-electron chi connectivity index (χ4n) is 3.09. The maximum absolute atomic E-state index is 6.47. The number of halogens is 1. The minimum Gasteiger partial charge on any atom is -0.496 e. The third-order valence-electron chi connectivity index (χ3n) is 4.28. The molecule has 1 aromatic carbocycles. The Labute approximate surface area is 120 Å². The third-order valence-corrected chi connectivity index (χ3v) is 4.52. The highest BCUT2D eigenvalue weighted by Crippen LogP contribution is 2.42. The zero-order chi connectivity index (χ0) is 14.2. The van der Waals surface area contributed by atoms with E-state index in [2.05, 4.69) is 20.8 Å². The first-order chi connectivity index (χ1) is 8.95. The number of rotatable bonds is 3. The molecule has 0 saturated carbocycles. The average Bonchev–Trinajstić information content (AvgIpc) is 2.62. The van der Waals surface area contributed by atoms with Crippen molar-refractivity contribution in [1.29, 1.82) is 0 Å². The van der Waals surface area contributed by atoms with Gasteiger partial charge in [-0.15, -0.1) is 0 Å². The van der Waals surface area contributed by atoms with Crippen LogP contribution in [0.15, 0.2) is 18.2 Å². The first kappa shape index (κ1) is 14.6. The predicted octanol–water partition coefficient (Wildman–Crippen LogP) is 3.41. The molecule has 2 N–H and O–H groups in total. The molecule has 1 aromatic rings. The van der Waals surface area contributed by atoms with Crippen molar-refractivity contribution in [3.8, 4) is 5.75 Å². The Morgan fingerprint density at radius 2 is 1.95 bits per heavy atom. The first-order valence-corrected chi connectivity index (χ1v) is 7.08. The van der Waals surface area contributed by atoms with Gasteiger partial charge in [-0.3, -0.25) is 0 Å². The van der Waals surface area contributed by atoms with E-state index in [4.69, 9.17) is 26.8 Å². The van der Waals surface area contributed by atoms with Crippen LogP contribution < -0.4 is 10.5 Å². The van der Waals surface area contributed by atoms with Crippen molar-refractivity contribution >= 4 is 11.6 Å². The van der Waals surface area contributed by atoms with Gasteiger partial charge in [0.1, 0.15) is 5.75 Å². The molecule has 1 heterocycles. The summed E-state index contributed by atoms with van der Waals surface area (Å²) in [5.41, 5.74) is 7.42. The average molecular weight is 284 g/mol. The van der Waals surface area contributed by atoms with E-state index < -0.39 is 0 Å². The van der Waals surface area contributed by atoms with Crippen LogP contribution in [0.2, 0.25) is 5.02 Å². The fraction of sp³-hybridized carbons (Fsp3) is 0.600. The zero-order valence-corrected chi connectivity index (χ0v) is 12.6. The molecule has 0 radical (unpaired) electrons. The van der Waals surface area contributed by atoms with E-state index in [1.807, 2.05) is 18.2 Å². The second-order valence-electron chi connectivity index (χ2n) is 5.39. The van der Waals surface area contributed by atoms with Crippen LogP contribution in [-0.2, 0) is 4.74 Å². The minimum absolute atomic E-state index is 0.136. The monoisotopic (exact) mass is 283 g/mol. The van der Waals surface area contributed by atoms with Gasteiger partial charge in [-0.1, -0.05) is 18.5 Å². The Hall–Kier alpha value is -0.770. The van der Waals surface area contributed by atoms with Crippen LogP contribution in [0.4, 0.5) is 0 Å². The molecule has 106 valence electrons. The lowest BCUT2D eigenvalue weighted by Crippen LogP contribution is -2.31. The van der Waals surface area contributed by atoms with Gasteiger partial charge in [-0.25, -0.2) is 0 Å². The molecule has 1 aliphatic rings. The summed E-state index contributed by atoms with van der Waals surface area (Å²) in [5.74, 6) is 1.46. The van der Waals surface area contributed by atoms with Crippen LogP contribution >= 0.6 is 11.6 Å². The number of ether oxygens (including phenoxy) is 2. The molecule has 2 rings (SSSR count). The molecule has 0 aliphatic carbocycles. The molecule has 0 spiro atoms. The van der Waals surface area contributed by atoms with Crippen LogP contribution in [0.3, 0.4) is 0 Å². The van der Waals surface area contributed by atoms with Crippen molar-refractivity contribution in [2.75, 3.05) is 7.11 Å². The topological polar surface area (TPSA) is 44.5 Å². The number of hydrogen-bond donors (Lipinski definition) is 1. The maximum atomic E-state index is 6.47. The van der Waals surface area contributed by atoms with Gasteiger partial charge in [0.15, 0.2) is 0 Å². The lowest BCUT2D eigenvalue weighted by Gasteiger charge is -2.27. The summed E-state index contributed by atoms with van der Waals surface area (Å²) in [7, 11) is 1.65. The summed E-state index contributed by atoms with van der Waals surface area (Å²) in [5, 5.41) is 0.679. The van der Waals surface area contributed by atoms with Crippen molar-refractivity contribution in [3.05, 3.63) is 28.8 Å². The number of methoxy groups -OCH3 is 1. The van der Waals surface area contributed by atoms with Crippen LogP contribution in [0.25, 0.3) is 0 Å². The fourth-order valence-corrected chi connectivity index (χ4v) is 3.27. The molecule has 3 nitrogen and oxygen atoms in total. The van der Waals surface area contributed by atoms with E-state index in [9.17, 15) is 0 Å². The predicted molar refractivity (Wildman–Crippen MR) is 77.6 cm³/mol. The van der Waals surface area contributed by atoms with Gasteiger partial charge < -0.3 is 15.2 Å². The Kier molecular flexibility index (Phi) is 4.39. The van der Waals surface area contributed by atoms with Crippen molar-refractivity contribution in [1.82, 2.24) is 0 Å². The van der Waals surface area contributed by atoms with E-state index in [0.29, 0.717) is 10.9 Å². The van der Waals surface area contributed by atoms with E-state index in [0.717, 1.165) is 11.3 Å². The summed E-state index contributed by atoms with van der Waals surface area (Å²) < 4.78 is 11.3. The Morgan fingerprint density at radius 1 is 1.26 bits per heavy atom. The lowest BCUT2D eigenvalue weighted by molar-refractivity contribution is 0.0489.